The number of carbonyl (C=O) groups excluding carboxylic acids is 1. The molecule has 170 valence electrons. The molecule has 0 bridgehead atoms. The van der Waals surface area contributed by atoms with Gasteiger partial charge in [0.25, 0.3) is 5.91 Å². The lowest BCUT2D eigenvalue weighted by molar-refractivity contribution is 0.0695. The molecule has 1 unspecified atom stereocenters. The summed E-state index contributed by atoms with van der Waals surface area (Å²) in [6, 6.07) is 16.1. The number of hydrogen-bond donors (Lipinski definition) is 0. The SMILES string of the molecule is Cc1ccc(C)c(OCn2ccc(C(=O)N3CCCC(c4nc5ccccc5n4C)C3)n2)c1. The fourth-order valence-corrected chi connectivity index (χ4v) is 4.61. The lowest BCUT2D eigenvalue weighted by atomic mass is 9.97. The number of piperidine rings is 1. The maximum Gasteiger partial charge on any atom is 0.274 e. The highest BCUT2D eigenvalue weighted by Crippen LogP contribution is 2.29. The monoisotopic (exact) mass is 443 g/mol. The second kappa shape index (κ2) is 8.73. The second-order valence-electron chi connectivity index (χ2n) is 8.89. The van der Waals surface area contributed by atoms with E-state index in [0.29, 0.717) is 12.2 Å². The smallest absolute Gasteiger partial charge is 0.274 e. The van der Waals surface area contributed by atoms with Gasteiger partial charge in [0.2, 0.25) is 0 Å². The van der Waals surface area contributed by atoms with Crippen LogP contribution in [0.15, 0.2) is 54.7 Å². The van der Waals surface area contributed by atoms with Gasteiger partial charge in [-0.15, -0.1) is 0 Å². The number of fused-ring (bicyclic) bond motifs is 1. The Labute approximate surface area is 193 Å². The van der Waals surface area contributed by atoms with Gasteiger partial charge in [0.1, 0.15) is 11.6 Å². The summed E-state index contributed by atoms with van der Waals surface area (Å²) in [5.74, 6) is 2.06. The Balaban J connectivity index is 1.27. The molecular weight excluding hydrogens is 414 g/mol. The maximum atomic E-state index is 13.2. The van der Waals surface area contributed by atoms with E-state index in [1.54, 1.807) is 16.9 Å². The first-order chi connectivity index (χ1) is 16.0. The number of imidazole rings is 1. The Kier molecular flexibility index (Phi) is 5.62. The first-order valence-corrected chi connectivity index (χ1v) is 11.4. The molecule has 33 heavy (non-hydrogen) atoms. The molecule has 0 aliphatic carbocycles. The van der Waals surface area contributed by atoms with Gasteiger partial charge in [-0.25, -0.2) is 9.67 Å². The molecule has 2 aromatic heterocycles. The van der Waals surface area contributed by atoms with Crippen molar-refractivity contribution in [2.75, 3.05) is 13.1 Å². The number of likely N-dealkylation sites (tertiary alicyclic amines) is 1. The molecule has 1 saturated heterocycles. The minimum atomic E-state index is -0.0380. The van der Waals surface area contributed by atoms with E-state index in [4.69, 9.17) is 9.72 Å². The summed E-state index contributed by atoms with van der Waals surface area (Å²) in [6.07, 6.45) is 3.78. The normalized spacial score (nSPS) is 16.3. The van der Waals surface area contributed by atoms with Crippen molar-refractivity contribution < 1.29 is 9.53 Å². The molecule has 1 fully saturated rings. The first-order valence-electron chi connectivity index (χ1n) is 11.4. The first kappa shape index (κ1) is 21.2. The Morgan fingerprint density at radius 1 is 1.15 bits per heavy atom. The van der Waals surface area contributed by atoms with Gasteiger partial charge in [-0.1, -0.05) is 24.3 Å². The molecule has 7 heteroatoms. The molecule has 0 radical (unpaired) electrons. The van der Waals surface area contributed by atoms with Crippen molar-refractivity contribution in [2.24, 2.45) is 7.05 Å². The fourth-order valence-electron chi connectivity index (χ4n) is 4.61. The topological polar surface area (TPSA) is 65.2 Å². The zero-order valence-corrected chi connectivity index (χ0v) is 19.4. The third-order valence-electron chi connectivity index (χ3n) is 6.45. The molecule has 0 spiro atoms. The summed E-state index contributed by atoms with van der Waals surface area (Å²) in [5.41, 5.74) is 4.79. The number of rotatable bonds is 5. The van der Waals surface area contributed by atoms with Crippen LogP contribution in [0.2, 0.25) is 0 Å². The van der Waals surface area contributed by atoms with Crippen molar-refractivity contribution in [3.05, 3.63) is 77.4 Å². The van der Waals surface area contributed by atoms with E-state index in [2.05, 4.69) is 28.8 Å². The largest absolute Gasteiger partial charge is 0.471 e. The number of amides is 1. The number of para-hydroxylation sites is 2. The molecule has 2 aromatic carbocycles. The lowest BCUT2D eigenvalue weighted by Crippen LogP contribution is -2.40. The van der Waals surface area contributed by atoms with Crippen LogP contribution in [0.5, 0.6) is 5.75 Å². The van der Waals surface area contributed by atoms with E-state index in [1.165, 1.54) is 0 Å². The number of benzene rings is 2. The van der Waals surface area contributed by atoms with E-state index in [0.717, 1.165) is 53.1 Å². The van der Waals surface area contributed by atoms with Gasteiger partial charge in [-0.05, 0) is 62.1 Å². The highest BCUT2D eigenvalue weighted by molar-refractivity contribution is 5.92. The van der Waals surface area contributed by atoms with Crippen molar-refractivity contribution in [2.45, 2.75) is 39.3 Å². The molecular formula is C26H29N5O2. The number of aryl methyl sites for hydroxylation is 3. The summed E-state index contributed by atoms with van der Waals surface area (Å²) >= 11 is 0. The molecule has 3 heterocycles. The van der Waals surface area contributed by atoms with Gasteiger partial charge < -0.3 is 14.2 Å². The minimum absolute atomic E-state index is 0.0380. The summed E-state index contributed by atoms with van der Waals surface area (Å²) in [6.45, 7) is 5.72. The number of hydrogen-bond acceptors (Lipinski definition) is 4. The number of carbonyl (C=O) groups is 1. The van der Waals surface area contributed by atoms with Crippen LogP contribution in [0.3, 0.4) is 0 Å². The molecule has 1 atom stereocenters. The van der Waals surface area contributed by atoms with E-state index in [-0.39, 0.29) is 18.6 Å². The van der Waals surface area contributed by atoms with Crippen LogP contribution in [-0.2, 0) is 13.8 Å². The third kappa shape index (κ3) is 4.23. The average Bonchev–Trinajstić information content (AvgIpc) is 3.44. The van der Waals surface area contributed by atoms with Gasteiger partial charge in [0, 0.05) is 32.3 Å². The van der Waals surface area contributed by atoms with Gasteiger partial charge in [0.05, 0.1) is 11.0 Å². The standard InChI is InChI=1S/C26H29N5O2/c1-18-10-11-19(2)24(15-18)33-17-31-14-12-22(28-31)26(32)30-13-6-7-20(16-30)25-27-21-8-4-5-9-23(21)29(25)3/h4-5,8-12,14-15,20H,6-7,13,16-17H2,1-3H3. The Morgan fingerprint density at radius 3 is 2.85 bits per heavy atom. The fraction of sp³-hybridized carbons (Fsp3) is 0.346. The van der Waals surface area contributed by atoms with Gasteiger partial charge in [-0.3, -0.25) is 4.79 Å². The molecule has 7 nitrogen and oxygen atoms in total. The highest BCUT2D eigenvalue weighted by atomic mass is 16.5. The van der Waals surface area contributed by atoms with E-state index < -0.39 is 0 Å². The van der Waals surface area contributed by atoms with Crippen LogP contribution >= 0.6 is 0 Å². The molecule has 1 aliphatic heterocycles. The van der Waals surface area contributed by atoms with Crippen LogP contribution < -0.4 is 4.74 Å². The van der Waals surface area contributed by atoms with Crippen molar-refractivity contribution >= 4 is 16.9 Å². The molecule has 1 amide bonds. The zero-order valence-electron chi connectivity index (χ0n) is 19.4. The minimum Gasteiger partial charge on any atom is -0.471 e. The van der Waals surface area contributed by atoms with Crippen LogP contribution in [0.1, 0.15) is 46.2 Å². The molecule has 4 aromatic rings. The molecule has 5 rings (SSSR count). The Hall–Kier alpha value is -3.61. The highest BCUT2D eigenvalue weighted by Gasteiger charge is 2.29. The molecule has 0 saturated carbocycles. The van der Waals surface area contributed by atoms with Crippen molar-refractivity contribution in [1.82, 2.24) is 24.2 Å². The zero-order chi connectivity index (χ0) is 22.9. The second-order valence-corrected chi connectivity index (χ2v) is 8.89. The number of aromatic nitrogens is 4. The lowest BCUT2D eigenvalue weighted by Gasteiger charge is -2.32. The number of nitrogens with zero attached hydrogens (tertiary/aromatic N) is 5. The summed E-state index contributed by atoms with van der Waals surface area (Å²) in [5, 5.41) is 4.48. The maximum absolute atomic E-state index is 13.2. The Bertz CT molecular complexity index is 1310. The van der Waals surface area contributed by atoms with E-state index >= 15 is 0 Å². The van der Waals surface area contributed by atoms with E-state index in [9.17, 15) is 4.79 Å². The van der Waals surface area contributed by atoms with Crippen molar-refractivity contribution in [3.63, 3.8) is 0 Å². The van der Waals surface area contributed by atoms with E-state index in [1.807, 2.05) is 49.1 Å². The van der Waals surface area contributed by atoms with Gasteiger partial charge in [-0.2, -0.15) is 5.10 Å². The van der Waals surface area contributed by atoms with Crippen LogP contribution in [0.4, 0.5) is 0 Å². The predicted molar refractivity (Wildman–Crippen MR) is 127 cm³/mol. The Morgan fingerprint density at radius 2 is 2.00 bits per heavy atom. The summed E-state index contributed by atoms with van der Waals surface area (Å²) in [7, 11) is 2.06. The average molecular weight is 444 g/mol. The number of ether oxygens (including phenoxy) is 1. The van der Waals surface area contributed by atoms with Crippen molar-refractivity contribution in [3.8, 4) is 5.75 Å². The summed E-state index contributed by atoms with van der Waals surface area (Å²) < 4.78 is 9.75. The van der Waals surface area contributed by atoms with Gasteiger partial charge in [0.15, 0.2) is 12.4 Å². The van der Waals surface area contributed by atoms with Crippen LogP contribution in [-0.4, -0.2) is 43.2 Å². The summed E-state index contributed by atoms with van der Waals surface area (Å²) in [4.78, 5) is 20.0. The van der Waals surface area contributed by atoms with Crippen LogP contribution in [0.25, 0.3) is 11.0 Å². The van der Waals surface area contributed by atoms with Crippen molar-refractivity contribution in [1.29, 1.82) is 0 Å². The van der Waals surface area contributed by atoms with Crippen LogP contribution in [0, 0.1) is 13.8 Å². The third-order valence-corrected chi connectivity index (χ3v) is 6.45. The molecule has 0 N–H and O–H groups in total. The van der Waals surface area contributed by atoms with Gasteiger partial charge >= 0.3 is 0 Å². The predicted octanol–water partition coefficient (Wildman–Crippen LogP) is 4.44. The quantitative estimate of drug-likeness (QED) is 0.457. The molecule has 1 aliphatic rings.